The molecule has 0 aromatic heterocycles. The highest BCUT2D eigenvalue weighted by Crippen LogP contribution is 2.13. The van der Waals surface area contributed by atoms with Gasteiger partial charge in [-0.3, -0.25) is 0 Å². The molecule has 115 valence electrons. The first-order chi connectivity index (χ1) is 8.98. The van der Waals surface area contributed by atoms with Gasteiger partial charge in [0.2, 0.25) is 10.0 Å². The number of sulfonamides is 1. The van der Waals surface area contributed by atoms with Crippen molar-refractivity contribution in [2.75, 3.05) is 0 Å². The zero-order valence-corrected chi connectivity index (χ0v) is 13.6. The van der Waals surface area contributed by atoms with Gasteiger partial charge < -0.3 is 0 Å². The third kappa shape index (κ3) is 12.7. The summed E-state index contributed by atoms with van der Waals surface area (Å²) in [4.78, 5) is 0. The van der Waals surface area contributed by atoms with Crippen molar-refractivity contribution in [2.24, 2.45) is 0 Å². The van der Waals surface area contributed by atoms with Gasteiger partial charge in [-0.15, -0.1) is 5.14 Å². The average molecular weight is 290 g/mol. The second-order valence-electron chi connectivity index (χ2n) is 5.68. The molecule has 0 fully saturated rings. The quantitative estimate of drug-likeness (QED) is 0.462. The summed E-state index contributed by atoms with van der Waals surface area (Å²) < 4.78 is 21.8. The molecule has 1 N–H and O–H groups in total. The highest BCUT2D eigenvalue weighted by molar-refractivity contribution is 7.89. The molecule has 19 heavy (non-hydrogen) atoms. The highest BCUT2D eigenvalue weighted by Gasteiger charge is 2.15. The van der Waals surface area contributed by atoms with Crippen LogP contribution >= 0.6 is 0 Å². The van der Waals surface area contributed by atoms with Crippen molar-refractivity contribution in [1.29, 1.82) is 0 Å². The fraction of sp³-hybridized carbons (Fsp3) is 1.00. The fourth-order valence-corrected chi connectivity index (χ4v) is 2.73. The highest BCUT2D eigenvalue weighted by atomic mass is 32.2. The second-order valence-corrected chi connectivity index (χ2v) is 7.57. The Balaban J connectivity index is 3.19. The van der Waals surface area contributed by atoms with Crippen molar-refractivity contribution in [3.63, 3.8) is 0 Å². The Morgan fingerprint density at radius 2 is 1.16 bits per heavy atom. The Kier molecular flexibility index (Phi) is 11.7. The molecule has 1 radical (unpaired) electrons. The summed E-state index contributed by atoms with van der Waals surface area (Å²) in [5.74, 6) is 0. The third-order valence-corrected chi connectivity index (χ3v) is 5.04. The van der Waals surface area contributed by atoms with Gasteiger partial charge in [-0.2, -0.15) is 0 Å². The van der Waals surface area contributed by atoms with Crippen molar-refractivity contribution in [1.82, 2.24) is 5.14 Å². The summed E-state index contributed by atoms with van der Waals surface area (Å²) in [5.41, 5.74) is 0. The molecule has 0 amide bonds. The normalized spacial score (nSPS) is 13.6. The minimum atomic E-state index is -3.57. The Bertz CT molecular complexity index is 289. The van der Waals surface area contributed by atoms with Gasteiger partial charge in [-0.05, 0) is 13.3 Å². The number of rotatable bonds is 13. The van der Waals surface area contributed by atoms with Crippen LogP contribution in [0.5, 0.6) is 0 Å². The Morgan fingerprint density at radius 1 is 0.789 bits per heavy atom. The van der Waals surface area contributed by atoms with Crippen molar-refractivity contribution >= 4 is 10.0 Å². The molecule has 0 rings (SSSR count). The van der Waals surface area contributed by atoms with Crippen LogP contribution in [-0.2, 0) is 10.0 Å². The van der Waals surface area contributed by atoms with Gasteiger partial charge in [-0.25, -0.2) is 8.42 Å². The Hall–Kier alpha value is -0.0900. The zero-order chi connectivity index (χ0) is 14.6. The van der Waals surface area contributed by atoms with Crippen LogP contribution in [0.2, 0.25) is 0 Å². The molecule has 4 heteroatoms. The van der Waals surface area contributed by atoms with Gasteiger partial charge in [0.15, 0.2) is 0 Å². The number of hydrogen-bond donors (Lipinski definition) is 0. The minimum absolute atomic E-state index is 0.494. The van der Waals surface area contributed by atoms with Crippen LogP contribution in [0.15, 0.2) is 0 Å². The van der Waals surface area contributed by atoms with Crippen molar-refractivity contribution < 1.29 is 8.42 Å². The van der Waals surface area contributed by atoms with Crippen molar-refractivity contribution in [3.05, 3.63) is 0 Å². The Morgan fingerprint density at radius 3 is 1.53 bits per heavy atom. The monoisotopic (exact) mass is 290 g/mol. The predicted octanol–water partition coefficient (Wildman–Crippen LogP) is 4.69. The van der Waals surface area contributed by atoms with E-state index in [1.54, 1.807) is 6.92 Å². The van der Waals surface area contributed by atoms with E-state index in [0.717, 1.165) is 12.8 Å². The maximum Gasteiger partial charge on any atom is 0.227 e. The predicted molar refractivity (Wildman–Crippen MR) is 82.6 cm³/mol. The Labute approximate surface area is 120 Å². The SMILES string of the molecule is CCCCCCCCCCCCCC(C)S([NH])(=O)=O. The van der Waals surface area contributed by atoms with Crippen LogP contribution in [-0.4, -0.2) is 13.7 Å². The van der Waals surface area contributed by atoms with Gasteiger partial charge in [0.25, 0.3) is 0 Å². The fourth-order valence-electron chi connectivity index (χ4n) is 2.25. The third-order valence-electron chi connectivity index (χ3n) is 3.74. The van der Waals surface area contributed by atoms with E-state index >= 15 is 0 Å². The molecule has 1 unspecified atom stereocenters. The molecule has 1 atom stereocenters. The maximum absolute atomic E-state index is 10.9. The van der Waals surface area contributed by atoms with E-state index in [2.05, 4.69) is 6.92 Å². The van der Waals surface area contributed by atoms with Crippen molar-refractivity contribution in [2.45, 2.75) is 96.1 Å². The lowest BCUT2D eigenvalue weighted by molar-refractivity contribution is 0.535. The number of unbranched alkanes of at least 4 members (excludes halogenated alkanes) is 10. The molecule has 0 aromatic rings. The first-order valence-electron chi connectivity index (χ1n) is 7.97. The largest absolute Gasteiger partial charge is 0.227 e. The zero-order valence-electron chi connectivity index (χ0n) is 12.8. The van der Waals surface area contributed by atoms with Crippen LogP contribution in [0.4, 0.5) is 0 Å². The van der Waals surface area contributed by atoms with Crippen LogP contribution in [0.3, 0.4) is 0 Å². The lowest BCUT2D eigenvalue weighted by Crippen LogP contribution is -2.17. The van der Waals surface area contributed by atoms with Gasteiger partial charge in [-0.1, -0.05) is 77.6 Å². The molecular formula is C15H32NO2S. The van der Waals surface area contributed by atoms with E-state index in [-0.39, 0.29) is 0 Å². The standard InChI is InChI=1S/C15H32NO2S/c1-3-4-5-6-7-8-9-10-11-12-13-14-15(2)19(16,17)18/h15-16H,3-14H2,1-2H3. The molecular weight excluding hydrogens is 258 g/mol. The van der Waals surface area contributed by atoms with E-state index in [1.165, 1.54) is 57.8 Å². The van der Waals surface area contributed by atoms with E-state index in [1.807, 2.05) is 0 Å². The molecule has 0 bridgehead atoms. The van der Waals surface area contributed by atoms with Crippen LogP contribution < -0.4 is 5.14 Å². The summed E-state index contributed by atoms with van der Waals surface area (Å²) in [5, 5.41) is 6.46. The second kappa shape index (κ2) is 11.7. The molecule has 0 saturated heterocycles. The minimum Gasteiger partial charge on any atom is -0.211 e. The molecule has 0 aliphatic carbocycles. The van der Waals surface area contributed by atoms with E-state index < -0.39 is 15.3 Å². The summed E-state index contributed by atoms with van der Waals surface area (Å²) in [6.45, 7) is 3.88. The summed E-state index contributed by atoms with van der Waals surface area (Å²) in [6, 6.07) is 0. The molecule has 0 aliphatic rings. The number of hydrogen-bond acceptors (Lipinski definition) is 2. The first kappa shape index (κ1) is 18.9. The average Bonchev–Trinajstić information content (AvgIpc) is 2.34. The molecule has 0 saturated carbocycles. The van der Waals surface area contributed by atoms with Gasteiger partial charge in [0.05, 0.1) is 5.25 Å². The van der Waals surface area contributed by atoms with E-state index in [4.69, 9.17) is 5.14 Å². The lowest BCUT2D eigenvalue weighted by Gasteiger charge is -2.07. The molecule has 0 aliphatic heterocycles. The molecule has 3 nitrogen and oxygen atoms in total. The van der Waals surface area contributed by atoms with Crippen LogP contribution in [0, 0.1) is 0 Å². The lowest BCUT2D eigenvalue weighted by atomic mass is 10.0. The number of nitrogens with one attached hydrogen (secondary N) is 1. The topological polar surface area (TPSA) is 57.9 Å². The van der Waals surface area contributed by atoms with Crippen molar-refractivity contribution in [3.8, 4) is 0 Å². The van der Waals surface area contributed by atoms with Gasteiger partial charge >= 0.3 is 0 Å². The van der Waals surface area contributed by atoms with Crippen LogP contribution in [0.1, 0.15) is 90.9 Å². The molecule has 0 spiro atoms. The van der Waals surface area contributed by atoms with E-state index in [0.29, 0.717) is 6.42 Å². The smallest absolute Gasteiger partial charge is 0.211 e. The van der Waals surface area contributed by atoms with Gasteiger partial charge in [0.1, 0.15) is 0 Å². The maximum atomic E-state index is 10.9. The first-order valence-corrected chi connectivity index (χ1v) is 9.51. The molecule has 0 heterocycles. The summed E-state index contributed by atoms with van der Waals surface area (Å²) in [6.07, 6.45) is 14.7. The van der Waals surface area contributed by atoms with Gasteiger partial charge in [0, 0.05) is 0 Å². The molecule has 0 aromatic carbocycles. The van der Waals surface area contributed by atoms with E-state index in [9.17, 15) is 8.42 Å². The van der Waals surface area contributed by atoms with Crippen LogP contribution in [0.25, 0.3) is 0 Å². The summed E-state index contributed by atoms with van der Waals surface area (Å²) in [7, 11) is -3.57. The summed E-state index contributed by atoms with van der Waals surface area (Å²) >= 11 is 0.